The summed E-state index contributed by atoms with van der Waals surface area (Å²) in [5.41, 5.74) is 4.09. The number of nitrogens with zero attached hydrogens (tertiary/aromatic N) is 1. The molecule has 0 atom stereocenters. The maximum Gasteiger partial charge on any atom is 0.271 e. The first-order valence-electron chi connectivity index (χ1n) is 6.59. The standard InChI is InChI=1S/C16H13Cl2FN2O/c1-2-15(13-8-5-11(17)9-14(13)18)20-21-16(22)10-3-6-12(19)7-4-10/h3-9H,2H2,1H3,(H,21,22). The van der Waals surface area contributed by atoms with Crippen LogP contribution in [0.4, 0.5) is 4.39 Å². The maximum atomic E-state index is 12.8. The Morgan fingerprint density at radius 2 is 1.86 bits per heavy atom. The van der Waals surface area contributed by atoms with Crippen LogP contribution in [0, 0.1) is 5.82 Å². The van der Waals surface area contributed by atoms with Crippen LogP contribution in [-0.4, -0.2) is 11.6 Å². The zero-order valence-electron chi connectivity index (χ0n) is 11.7. The number of nitrogens with one attached hydrogen (secondary N) is 1. The van der Waals surface area contributed by atoms with Gasteiger partial charge in [0.15, 0.2) is 0 Å². The molecule has 0 heterocycles. The molecule has 2 aromatic rings. The molecule has 0 saturated heterocycles. The molecule has 6 heteroatoms. The van der Waals surface area contributed by atoms with Crippen molar-refractivity contribution in [2.75, 3.05) is 0 Å². The number of hydrogen-bond acceptors (Lipinski definition) is 2. The van der Waals surface area contributed by atoms with Crippen LogP contribution in [-0.2, 0) is 0 Å². The number of hydrazone groups is 1. The highest BCUT2D eigenvalue weighted by Crippen LogP contribution is 2.22. The van der Waals surface area contributed by atoms with Crippen molar-refractivity contribution in [3.05, 3.63) is 69.5 Å². The van der Waals surface area contributed by atoms with Gasteiger partial charge in [-0.1, -0.05) is 36.2 Å². The van der Waals surface area contributed by atoms with Gasteiger partial charge in [0.2, 0.25) is 0 Å². The summed E-state index contributed by atoms with van der Waals surface area (Å²) < 4.78 is 12.8. The van der Waals surface area contributed by atoms with E-state index in [9.17, 15) is 9.18 Å². The van der Waals surface area contributed by atoms with Gasteiger partial charge in [-0.05, 0) is 42.8 Å². The van der Waals surface area contributed by atoms with Crippen molar-refractivity contribution in [2.24, 2.45) is 5.10 Å². The van der Waals surface area contributed by atoms with Crippen LogP contribution in [0.25, 0.3) is 0 Å². The Morgan fingerprint density at radius 1 is 1.18 bits per heavy atom. The van der Waals surface area contributed by atoms with Gasteiger partial charge in [-0.25, -0.2) is 9.82 Å². The topological polar surface area (TPSA) is 41.5 Å². The first-order valence-corrected chi connectivity index (χ1v) is 7.34. The minimum Gasteiger partial charge on any atom is -0.267 e. The molecule has 0 fully saturated rings. The van der Waals surface area contributed by atoms with Gasteiger partial charge in [-0.2, -0.15) is 5.10 Å². The van der Waals surface area contributed by atoms with Crippen molar-refractivity contribution < 1.29 is 9.18 Å². The summed E-state index contributed by atoms with van der Waals surface area (Å²) in [6, 6.07) is 10.3. The molecule has 2 aromatic carbocycles. The molecule has 3 nitrogen and oxygen atoms in total. The molecule has 1 amide bonds. The molecule has 0 aromatic heterocycles. The molecule has 2 rings (SSSR count). The highest BCUT2D eigenvalue weighted by molar-refractivity contribution is 6.37. The lowest BCUT2D eigenvalue weighted by Gasteiger charge is -2.07. The highest BCUT2D eigenvalue weighted by atomic mass is 35.5. The Bertz CT molecular complexity index is 715. The summed E-state index contributed by atoms with van der Waals surface area (Å²) in [5.74, 6) is -0.821. The van der Waals surface area contributed by atoms with Crippen molar-refractivity contribution in [3.8, 4) is 0 Å². The lowest BCUT2D eigenvalue weighted by Crippen LogP contribution is -2.20. The van der Waals surface area contributed by atoms with E-state index in [1.165, 1.54) is 24.3 Å². The normalized spacial score (nSPS) is 11.4. The monoisotopic (exact) mass is 338 g/mol. The van der Waals surface area contributed by atoms with E-state index in [2.05, 4.69) is 10.5 Å². The fourth-order valence-corrected chi connectivity index (χ4v) is 2.35. The third kappa shape index (κ3) is 4.06. The van der Waals surface area contributed by atoms with Crippen LogP contribution in [0.1, 0.15) is 29.3 Å². The van der Waals surface area contributed by atoms with E-state index in [0.29, 0.717) is 33.3 Å². The second-order valence-corrected chi connectivity index (χ2v) is 5.33. The Balaban J connectivity index is 2.18. The summed E-state index contributed by atoms with van der Waals surface area (Å²) >= 11 is 12.0. The number of carbonyl (C=O) groups is 1. The fourth-order valence-electron chi connectivity index (χ4n) is 1.84. The SMILES string of the molecule is CCC(=NNC(=O)c1ccc(F)cc1)c1ccc(Cl)cc1Cl. The van der Waals surface area contributed by atoms with Crippen molar-refractivity contribution >= 4 is 34.8 Å². The van der Waals surface area contributed by atoms with Crippen molar-refractivity contribution in [1.29, 1.82) is 0 Å². The third-order valence-corrected chi connectivity index (χ3v) is 3.52. The van der Waals surface area contributed by atoms with Crippen molar-refractivity contribution in [2.45, 2.75) is 13.3 Å². The quantitative estimate of drug-likeness (QED) is 0.638. The summed E-state index contributed by atoms with van der Waals surface area (Å²) in [6.45, 7) is 1.90. The van der Waals surface area contributed by atoms with E-state index in [4.69, 9.17) is 23.2 Å². The fraction of sp³-hybridized carbons (Fsp3) is 0.125. The van der Waals surface area contributed by atoms with Crippen LogP contribution in [0.5, 0.6) is 0 Å². The molecule has 0 radical (unpaired) electrons. The molecule has 1 N–H and O–H groups in total. The second kappa shape index (κ2) is 7.38. The van der Waals surface area contributed by atoms with Gasteiger partial charge in [0.1, 0.15) is 5.82 Å². The predicted octanol–water partition coefficient (Wildman–Crippen LogP) is 4.68. The molecule has 114 valence electrons. The van der Waals surface area contributed by atoms with E-state index in [1.807, 2.05) is 6.92 Å². The van der Waals surface area contributed by atoms with Gasteiger partial charge in [0.25, 0.3) is 5.91 Å². The number of rotatable bonds is 4. The summed E-state index contributed by atoms with van der Waals surface area (Å²) in [4.78, 5) is 12.0. The second-order valence-electron chi connectivity index (χ2n) is 4.48. The van der Waals surface area contributed by atoms with E-state index in [-0.39, 0.29) is 0 Å². The summed E-state index contributed by atoms with van der Waals surface area (Å²) in [7, 11) is 0. The molecule has 0 aliphatic heterocycles. The van der Waals surface area contributed by atoms with Crippen LogP contribution in [0.2, 0.25) is 10.0 Å². The van der Waals surface area contributed by atoms with Gasteiger partial charge in [-0.3, -0.25) is 4.79 Å². The van der Waals surface area contributed by atoms with Gasteiger partial charge in [0, 0.05) is 16.1 Å². The first-order chi connectivity index (χ1) is 10.5. The minimum absolute atomic E-state index is 0.322. The van der Waals surface area contributed by atoms with Crippen molar-refractivity contribution in [3.63, 3.8) is 0 Å². The zero-order valence-corrected chi connectivity index (χ0v) is 13.2. The maximum absolute atomic E-state index is 12.8. The lowest BCUT2D eigenvalue weighted by atomic mass is 10.1. The predicted molar refractivity (Wildman–Crippen MR) is 87.2 cm³/mol. The van der Waals surface area contributed by atoms with Crippen molar-refractivity contribution in [1.82, 2.24) is 5.43 Å². The number of carbonyl (C=O) groups excluding carboxylic acids is 1. The van der Waals surface area contributed by atoms with Crippen LogP contribution in [0.3, 0.4) is 0 Å². The van der Waals surface area contributed by atoms with E-state index in [0.717, 1.165) is 0 Å². The van der Waals surface area contributed by atoms with E-state index in [1.54, 1.807) is 18.2 Å². The Morgan fingerprint density at radius 3 is 2.45 bits per heavy atom. The molecule has 0 aliphatic carbocycles. The number of halogens is 3. The smallest absolute Gasteiger partial charge is 0.267 e. The number of amides is 1. The molecule has 0 bridgehead atoms. The Hall–Kier alpha value is -1.91. The van der Waals surface area contributed by atoms with Gasteiger partial charge in [-0.15, -0.1) is 0 Å². The molecule has 0 saturated carbocycles. The number of hydrogen-bond donors (Lipinski definition) is 1. The van der Waals surface area contributed by atoms with E-state index >= 15 is 0 Å². The third-order valence-electron chi connectivity index (χ3n) is 2.98. The van der Waals surface area contributed by atoms with Crippen LogP contribution >= 0.6 is 23.2 Å². The average Bonchev–Trinajstić information content (AvgIpc) is 2.50. The molecular formula is C16H13Cl2FN2O. The van der Waals surface area contributed by atoms with Gasteiger partial charge < -0.3 is 0 Å². The highest BCUT2D eigenvalue weighted by Gasteiger charge is 2.09. The first kappa shape index (κ1) is 16.5. The largest absolute Gasteiger partial charge is 0.271 e. The molecule has 0 unspecified atom stereocenters. The van der Waals surface area contributed by atoms with E-state index < -0.39 is 11.7 Å². The molecule has 0 aliphatic rings. The summed E-state index contributed by atoms with van der Waals surface area (Å²) in [6.07, 6.45) is 0.574. The Labute approximate surface area is 137 Å². The zero-order chi connectivity index (χ0) is 16.1. The Kier molecular flexibility index (Phi) is 5.52. The lowest BCUT2D eigenvalue weighted by molar-refractivity contribution is 0.0955. The van der Waals surface area contributed by atoms with Crippen LogP contribution < -0.4 is 5.43 Å². The molecular weight excluding hydrogens is 326 g/mol. The van der Waals surface area contributed by atoms with Crippen LogP contribution in [0.15, 0.2) is 47.6 Å². The average molecular weight is 339 g/mol. The molecule has 22 heavy (non-hydrogen) atoms. The van der Waals surface area contributed by atoms with Gasteiger partial charge in [0.05, 0.1) is 10.7 Å². The minimum atomic E-state index is -0.420. The molecule has 0 spiro atoms. The van der Waals surface area contributed by atoms with Gasteiger partial charge >= 0.3 is 0 Å². The summed E-state index contributed by atoms with van der Waals surface area (Å²) in [5, 5.41) is 5.09. The number of benzene rings is 2.